The van der Waals surface area contributed by atoms with Crippen LogP contribution in [0.2, 0.25) is 0 Å². The monoisotopic (exact) mass is 216 g/mol. The van der Waals surface area contributed by atoms with E-state index in [1.165, 1.54) is 0 Å². The molecule has 0 saturated carbocycles. The molecule has 15 heavy (non-hydrogen) atoms. The van der Waals surface area contributed by atoms with Gasteiger partial charge in [0.2, 0.25) is 0 Å². The summed E-state index contributed by atoms with van der Waals surface area (Å²) < 4.78 is 10.9. The van der Waals surface area contributed by atoms with Crippen LogP contribution in [0.4, 0.5) is 0 Å². The van der Waals surface area contributed by atoms with Gasteiger partial charge in [-0.25, -0.2) is 0 Å². The Bertz CT molecular complexity index is 494. The van der Waals surface area contributed by atoms with Gasteiger partial charge in [0.25, 0.3) is 0 Å². The molecule has 0 aliphatic carbocycles. The third kappa shape index (κ3) is 1.90. The highest BCUT2D eigenvalue weighted by molar-refractivity contribution is 7.34. The average molecular weight is 216 g/mol. The van der Waals surface area contributed by atoms with Gasteiger partial charge in [-0.15, -0.1) is 0 Å². The zero-order chi connectivity index (χ0) is 10.7. The summed E-state index contributed by atoms with van der Waals surface area (Å²) in [5.74, 6) is 0.202. The van der Waals surface area contributed by atoms with E-state index in [0.717, 1.165) is 5.56 Å². The van der Waals surface area contributed by atoms with Gasteiger partial charge in [0.15, 0.2) is 8.46 Å². The SMILES string of the molecule is O=Pc1ccccc1-c1ccccc1O. The zero-order valence-corrected chi connectivity index (χ0v) is 8.82. The molecule has 0 aliphatic rings. The van der Waals surface area contributed by atoms with Gasteiger partial charge in [-0.3, -0.25) is 4.57 Å². The first-order valence-electron chi connectivity index (χ1n) is 4.53. The van der Waals surface area contributed by atoms with Gasteiger partial charge in [0.05, 0.1) is 5.30 Å². The van der Waals surface area contributed by atoms with Crippen molar-refractivity contribution in [2.75, 3.05) is 0 Å². The molecule has 3 heteroatoms. The number of hydrogen-bond acceptors (Lipinski definition) is 2. The first-order valence-corrected chi connectivity index (χ1v) is 5.35. The Balaban J connectivity index is 2.64. The Morgan fingerprint density at radius 2 is 1.47 bits per heavy atom. The van der Waals surface area contributed by atoms with Crippen LogP contribution in [0.5, 0.6) is 5.75 Å². The number of rotatable bonds is 2. The third-order valence-corrected chi connectivity index (χ3v) is 2.78. The minimum absolute atomic E-state index is 0.0363. The standard InChI is InChI=1S/C12H9O2P/c13-11-7-3-1-5-9(11)10-6-2-4-8-12(10)15-14/h1-8,13H. The highest BCUT2D eigenvalue weighted by atomic mass is 31.1. The number of hydrogen-bond donors (Lipinski definition) is 1. The van der Waals surface area contributed by atoms with Gasteiger partial charge < -0.3 is 5.11 Å². The average Bonchev–Trinajstić information content (AvgIpc) is 2.30. The van der Waals surface area contributed by atoms with Crippen molar-refractivity contribution in [1.29, 1.82) is 0 Å². The summed E-state index contributed by atoms with van der Waals surface area (Å²) in [6.45, 7) is 0. The second kappa shape index (κ2) is 4.24. The fraction of sp³-hybridized carbons (Fsp3) is 0. The van der Waals surface area contributed by atoms with Crippen molar-refractivity contribution in [2.45, 2.75) is 0 Å². The Hall–Kier alpha value is -1.66. The van der Waals surface area contributed by atoms with E-state index in [1.807, 2.05) is 24.3 Å². The van der Waals surface area contributed by atoms with Gasteiger partial charge in [0, 0.05) is 11.1 Å². The molecule has 0 spiro atoms. The van der Waals surface area contributed by atoms with Crippen LogP contribution in [0.3, 0.4) is 0 Å². The van der Waals surface area contributed by atoms with Crippen molar-refractivity contribution in [3.63, 3.8) is 0 Å². The van der Waals surface area contributed by atoms with Crippen LogP contribution < -0.4 is 5.30 Å². The summed E-state index contributed by atoms with van der Waals surface area (Å²) in [5, 5.41) is 10.4. The van der Waals surface area contributed by atoms with Crippen molar-refractivity contribution < 1.29 is 9.67 Å². The topological polar surface area (TPSA) is 37.3 Å². The number of phenols is 1. The molecule has 0 radical (unpaired) electrons. The summed E-state index contributed by atoms with van der Waals surface area (Å²) in [6, 6.07) is 14.3. The van der Waals surface area contributed by atoms with E-state index in [-0.39, 0.29) is 14.2 Å². The molecule has 2 rings (SSSR count). The minimum Gasteiger partial charge on any atom is -0.507 e. The lowest BCUT2D eigenvalue weighted by molar-refractivity contribution is 0.477. The Kier molecular flexibility index (Phi) is 2.79. The van der Waals surface area contributed by atoms with E-state index in [2.05, 4.69) is 0 Å². The van der Waals surface area contributed by atoms with E-state index >= 15 is 0 Å². The predicted octanol–water partition coefficient (Wildman–Crippen LogP) is 2.98. The second-order valence-corrected chi connectivity index (χ2v) is 3.79. The Morgan fingerprint density at radius 3 is 2.13 bits per heavy atom. The molecular weight excluding hydrogens is 207 g/mol. The van der Waals surface area contributed by atoms with E-state index in [4.69, 9.17) is 0 Å². The van der Waals surface area contributed by atoms with E-state index in [1.54, 1.807) is 24.3 Å². The van der Waals surface area contributed by atoms with Gasteiger partial charge >= 0.3 is 0 Å². The molecule has 0 saturated heterocycles. The van der Waals surface area contributed by atoms with Crippen LogP contribution in [0.15, 0.2) is 48.5 Å². The van der Waals surface area contributed by atoms with E-state index in [9.17, 15) is 9.67 Å². The molecule has 74 valence electrons. The van der Waals surface area contributed by atoms with E-state index in [0.29, 0.717) is 10.9 Å². The Labute approximate surface area is 89.4 Å². The van der Waals surface area contributed by atoms with Gasteiger partial charge in [-0.2, -0.15) is 0 Å². The van der Waals surface area contributed by atoms with Crippen LogP contribution in [-0.2, 0) is 4.57 Å². The molecule has 2 aromatic carbocycles. The van der Waals surface area contributed by atoms with Crippen LogP contribution in [0.1, 0.15) is 0 Å². The summed E-state index contributed by atoms with van der Waals surface area (Å²) in [7, 11) is -0.0363. The molecule has 2 aromatic rings. The van der Waals surface area contributed by atoms with Crippen molar-refractivity contribution in [3.05, 3.63) is 48.5 Å². The Morgan fingerprint density at radius 1 is 0.867 bits per heavy atom. The van der Waals surface area contributed by atoms with Gasteiger partial charge in [-0.1, -0.05) is 36.4 Å². The molecule has 0 atom stereocenters. The third-order valence-electron chi connectivity index (χ3n) is 2.20. The fourth-order valence-electron chi connectivity index (χ4n) is 1.48. The van der Waals surface area contributed by atoms with E-state index < -0.39 is 0 Å². The molecule has 0 unspecified atom stereocenters. The molecule has 0 aromatic heterocycles. The van der Waals surface area contributed by atoms with Crippen molar-refractivity contribution in [1.82, 2.24) is 0 Å². The molecule has 2 nitrogen and oxygen atoms in total. The molecule has 0 bridgehead atoms. The maximum absolute atomic E-state index is 10.9. The number of benzene rings is 2. The van der Waals surface area contributed by atoms with Crippen molar-refractivity contribution in [2.24, 2.45) is 0 Å². The summed E-state index contributed by atoms with van der Waals surface area (Å²) in [5.41, 5.74) is 1.50. The fourth-order valence-corrected chi connectivity index (χ4v) is 1.92. The van der Waals surface area contributed by atoms with Crippen LogP contribution >= 0.6 is 8.46 Å². The maximum Gasteiger partial charge on any atom is 0.192 e. The van der Waals surface area contributed by atoms with Crippen LogP contribution in [0.25, 0.3) is 11.1 Å². The quantitative estimate of drug-likeness (QED) is 0.783. The number of para-hydroxylation sites is 1. The normalized spacial score (nSPS) is 10.4. The smallest absolute Gasteiger partial charge is 0.192 e. The molecular formula is C12H9O2P. The second-order valence-electron chi connectivity index (χ2n) is 3.13. The van der Waals surface area contributed by atoms with Gasteiger partial charge in [0.1, 0.15) is 5.75 Å². The molecule has 1 N–H and O–H groups in total. The molecule has 0 heterocycles. The summed E-state index contributed by atoms with van der Waals surface area (Å²) >= 11 is 0. The molecule has 0 amide bonds. The van der Waals surface area contributed by atoms with Crippen molar-refractivity contribution >= 4 is 13.8 Å². The number of phenolic OH excluding ortho intramolecular Hbond substituents is 1. The first kappa shape index (κ1) is 9.88. The minimum atomic E-state index is -0.0363. The molecule has 0 aliphatic heterocycles. The lowest BCUT2D eigenvalue weighted by Gasteiger charge is -2.05. The van der Waals surface area contributed by atoms with Crippen LogP contribution in [-0.4, -0.2) is 5.11 Å². The summed E-state index contributed by atoms with van der Waals surface area (Å²) in [4.78, 5) is 0. The maximum atomic E-state index is 10.9. The summed E-state index contributed by atoms with van der Waals surface area (Å²) in [6.07, 6.45) is 0. The number of aromatic hydroxyl groups is 1. The highest BCUT2D eigenvalue weighted by Gasteiger charge is 2.07. The zero-order valence-electron chi connectivity index (χ0n) is 7.92. The molecule has 0 fully saturated rings. The largest absolute Gasteiger partial charge is 0.507 e. The lowest BCUT2D eigenvalue weighted by Crippen LogP contribution is -1.96. The van der Waals surface area contributed by atoms with Crippen LogP contribution in [0, 0.1) is 0 Å². The van der Waals surface area contributed by atoms with Crippen molar-refractivity contribution in [3.8, 4) is 16.9 Å². The van der Waals surface area contributed by atoms with Gasteiger partial charge in [-0.05, 0) is 12.1 Å². The highest BCUT2D eigenvalue weighted by Crippen LogP contribution is 2.28. The first-order chi connectivity index (χ1) is 7.33. The lowest BCUT2D eigenvalue weighted by atomic mass is 10.0. The predicted molar refractivity (Wildman–Crippen MR) is 60.8 cm³/mol.